The Bertz CT molecular complexity index is 872. The van der Waals surface area contributed by atoms with Crippen LogP contribution in [-0.2, 0) is 9.59 Å². The van der Waals surface area contributed by atoms with Gasteiger partial charge in [0.1, 0.15) is 11.6 Å². The van der Waals surface area contributed by atoms with Crippen molar-refractivity contribution < 1.29 is 9.59 Å². The van der Waals surface area contributed by atoms with Crippen LogP contribution in [0.5, 0.6) is 0 Å². The lowest BCUT2D eigenvalue weighted by atomic mass is 9.92. The zero-order valence-corrected chi connectivity index (χ0v) is 12.7. The van der Waals surface area contributed by atoms with Crippen molar-refractivity contribution >= 4 is 39.8 Å². The highest BCUT2D eigenvalue weighted by Crippen LogP contribution is 2.26. The molecular weight excluding hydrogens is 306 g/mol. The topological polar surface area (TPSA) is 95.0 Å². The zero-order chi connectivity index (χ0) is 16.0. The average Bonchev–Trinajstić information content (AvgIpc) is 2.39. The van der Waals surface area contributed by atoms with Gasteiger partial charge in [-0.2, -0.15) is 0 Å². The largest absolute Gasteiger partial charge is 0.398 e. The molecule has 114 valence electrons. The second-order valence-electron chi connectivity index (χ2n) is 5.46. The smallest absolute Gasteiger partial charge is 0.264 e. The Hall–Kier alpha value is -2.21. The van der Waals surface area contributed by atoms with Crippen molar-refractivity contribution in [3.63, 3.8) is 0 Å². The fourth-order valence-corrected chi connectivity index (χ4v) is 3.15. The van der Waals surface area contributed by atoms with E-state index in [1.807, 2.05) is 0 Å². The van der Waals surface area contributed by atoms with E-state index in [1.165, 1.54) is 10.6 Å². The van der Waals surface area contributed by atoms with E-state index < -0.39 is 6.04 Å². The van der Waals surface area contributed by atoms with Gasteiger partial charge in [0.05, 0.1) is 23.4 Å². The lowest BCUT2D eigenvalue weighted by Crippen LogP contribution is -2.36. The van der Waals surface area contributed by atoms with Gasteiger partial charge >= 0.3 is 0 Å². The Labute approximate surface area is 130 Å². The molecule has 1 aliphatic rings. The van der Waals surface area contributed by atoms with Gasteiger partial charge in [-0.1, -0.05) is 11.6 Å². The molecule has 0 radical (unpaired) electrons. The van der Waals surface area contributed by atoms with Crippen LogP contribution in [0, 0.1) is 6.92 Å². The Morgan fingerprint density at radius 1 is 1.32 bits per heavy atom. The van der Waals surface area contributed by atoms with E-state index in [9.17, 15) is 14.4 Å². The molecule has 22 heavy (non-hydrogen) atoms. The number of aromatic nitrogens is 2. The number of nitrogens with zero attached hydrogens (tertiary/aromatic N) is 2. The predicted molar refractivity (Wildman–Crippen MR) is 83.1 cm³/mol. The van der Waals surface area contributed by atoms with Gasteiger partial charge in [-0.15, -0.1) is 0 Å². The van der Waals surface area contributed by atoms with Crippen LogP contribution in [0.1, 0.15) is 31.1 Å². The highest BCUT2D eigenvalue weighted by atomic mass is 35.5. The summed E-state index contributed by atoms with van der Waals surface area (Å²) in [5.74, 6) is 0.0639. The number of anilines is 1. The highest BCUT2D eigenvalue weighted by molar-refractivity contribution is 6.31. The third-order valence-corrected chi connectivity index (χ3v) is 4.15. The third-order valence-electron chi connectivity index (χ3n) is 3.93. The number of rotatable bonds is 1. The summed E-state index contributed by atoms with van der Waals surface area (Å²) in [6, 6.07) is 2.40. The van der Waals surface area contributed by atoms with Crippen LogP contribution >= 0.6 is 11.6 Å². The van der Waals surface area contributed by atoms with Crippen molar-refractivity contribution in [1.82, 2.24) is 9.55 Å². The van der Waals surface area contributed by atoms with E-state index in [0.29, 0.717) is 22.8 Å². The summed E-state index contributed by atoms with van der Waals surface area (Å²) in [5.41, 5.74) is 6.15. The minimum atomic E-state index is -0.655. The second kappa shape index (κ2) is 5.21. The van der Waals surface area contributed by atoms with Gasteiger partial charge in [-0.3, -0.25) is 19.0 Å². The Morgan fingerprint density at radius 3 is 2.73 bits per heavy atom. The molecule has 3 rings (SSSR count). The Kier molecular flexibility index (Phi) is 3.48. The summed E-state index contributed by atoms with van der Waals surface area (Å²) < 4.78 is 1.35. The van der Waals surface area contributed by atoms with Crippen molar-refractivity contribution in [3.05, 3.63) is 33.3 Å². The second-order valence-corrected chi connectivity index (χ2v) is 5.90. The molecule has 1 fully saturated rings. The standard InChI is InChI=1S/C15H14ClN3O3/c1-7-18-11-5-8(16)4-10(17)14(11)15(22)19(7)12-3-2-9(20)6-13(12)21/h4-5,12H,2-3,6,17H2,1H3. The molecule has 1 atom stereocenters. The quantitative estimate of drug-likeness (QED) is 0.639. The van der Waals surface area contributed by atoms with Crippen molar-refractivity contribution in [2.24, 2.45) is 0 Å². The summed E-state index contributed by atoms with van der Waals surface area (Å²) >= 11 is 5.94. The zero-order valence-electron chi connectivity index (χ0n) is 11.9. The number of carbonyl (C=O) groups excluding carboxylic acids is 2. The van der Waals surface area contributed by atoms with Gasteiger partial charge in [-0.25, -0.2) is 4.98 Å². The number of nitrogens with two attached hydrogens (primary N) is 1. The monoisotopic (exact) mass is 319 g/mol. The summed E-state index contributed by atoms with van der Waals surface area (Å²) in [4.78, 5) is 40.6. The fraction of sp³-hybridized carbons (Fsp3) is 0.333. The van der Waals surface area contributed by atoms with E-state index in [1.54, 1.807) is 13.0 Å². The van der Waals surface area contributed by atoms with E-state index in [0.717, 1.165) is 0 Å². The van der Waals surface area contributed by atoms with Gasteiger partial charge in [0.25, 0.3) is 5.56 Å². The lowest BCUT2D eigenvalue weighted by molar-refractivity contribution is -0.132. The molecule has 0 bridgehead atoms. The third kappa shape index (κ3) is 2.29. The number of fused-ring (bicyclic) bond motifs is 1. The van der Waals surface area contributed by atoms with Crippen LogP contribution < -0.4 is 11.3 Å². The van der Waals surface area contributed by atoms with Crippen LogP contribution in [0.3, 0.4) is 0 Å². The van der Waals surface area contributed by atoms with Gasteiger partial charge < -0.3 is 5.73 Å². The Morgan fingerprint density at radius 2 is 2.05 bits per heavy atom. The first kappa shape index (κ1) is 14.7. The van der Waals surface area contributed by atoms with Crippen LogP contribution in [0.25, 0.3) is 10.9 Å². The molecule has 0 aliphatic heterocycles. The van der Waals surface area contributed by atoms with Crippen molar-refractivity contribution in [2.75, 3.05) is 5.73 Å². The minimum absolute atomic E-state index is 0.0907. The molecule has 1 aromatic carbocycles. The predicted octanol–water partition coefficient (Wildman–Crippen LogP) is 1.80. The van der Waals surface area contributed by atoms with Gasteiger partial charge in [0.15, 0.2) is 5.78 Å². The summed E-state index contributed by atoms with van der Waals surface area (Å²) in [5, 5.41) is 0.646. The number of halogens is 1. The molecule has 7 heteroatoms. The maximum absolute atomic E-state index is 12.8. The fourth-order valence-electron chi connectivity index (χ4n) is 2.93. The molecule has 1 aromatic heterocycles. The van der Waals surface area contributed by atoms with Gasteiger partial charge in [0, 0.05) is 17.1 Å². The molecule has 1 saturated carbocycles. The first-order chi connectivity index (χ1) is 10.4. The number of Topliss-reactive ketones (excluding diaryl/α,β-unsaturated/α-hetero) is 2. The van der Waals surface area contributed by atoms with Gasteiger partial charge in [0.2, 0.25) is 0 Å². The normalized spacial score (nSPS) is 18.9. The van der Waals surface area contributed by atoms with Crippen molar-refractivity contribution in [2.45, 2.75) is 32.2 Å². The molecule has 0 saturated heterocycles. The highest BCUT2D eigenvalue weighted by Gasteiger charge is 2.30. The molecule has 1 unspecified atom stereocenters. The average molecular weight is 320 g/mol. The number of nitrogen functional groups attached to an aromatic ring is 1. The number of hydrogen-bond donors (Lipinski definition) is 1. The summed E-state index contributed by atoms with van der Waals surface area (Å²) in [7, 11) is 0. The molecule has 6 nitrogen and oxygen atoms in total. The molecule has 1 aliphatic carbocycles. The number of carbonyl (C=O) groups is 2. The van der Waals surface area contributed by atoms with Crippen LogP contribution in [0.15, 0.2) is 16.9 Å². The molecule has 2 aromatic rings. The maximum atomic E-state index is 12.8. The molecule has 2 N–H and O–H groups in total. The van der Waals surface area contributed by atoms with Crippen LogP contribution in [0.4, 0.5) is 5.69 Å². The SMILES string of the molecule is Cc1nc2cc(Cl)cc(N)c2c(=O)n1C1CCC(=O)CC1=O. The van der Waals surface area contributed by atoms with E-state index in [2.05, 4.69) is 4.98 Å². The number of benzene rings is 1. The first-order valence-corrected chi connectivity index (χ1v) is 7.28. The van der Waals surface area contributed by atoms with E-state index in [-0.39, 0.29) is 41.0 Å². The van der Waals surface area contributed by atoms with Crippen LogP contribution in [-0.4, -0.2) is 21.1 Å². The van der Waals surface area contributed by atoms with Crippen molar-refractivity contribution in [3.8, 4) is 0 Å². The van der Waals surface area contributed by atoms with Crippen LogP contribution in [0.2, 0.25) is 5.02 Å². The van der Waals surface area contributed by atoms with Gasteiger partial charge in [-0.05, 0) is 25.5 Å². The van der Waals surface area contributed by atoms with Crippen molar-refractivity contribution in [1.29, 1.82) is 0 Å². The molecule has 0 spiro atoms. The summed E-state index contributed by atoms with van der Waals surface area (Å²) in [6.07, 6.45) is 0.472. The first-order valence-electron chi connectivity index (χ1n) is 6.90. The lowest BCUT2D eigenvalue weighted by Gasteiger charge is -2.24. The molecular formula is C15H14ClN3O3. The van der Waals surface area contributed by atoms with E-state index in [4.69, 9.17) is 17.3 Å². The van der Waals surface area contributed by atoms with E-state index >= 15 is 0 Å². The molecule has 0 amide bonds. The summed E-state index contributed by atoms with van der Waals surface area (Å²) in [6.45, 7) is 1.65. The number of aryl methyl sites for hydroxylation is 1. The Balaban J connectivity index is 2.25. The number of ketones is 2. The number of hydrogen-bond acceptors (Lipinski definition) is 5. The maximum Gasteiger partial charge on any atom is 0.264 e. The minimum Gasteiger partial charge on any atom is -0.398 e. The molecule has 1 heterocycles.